The summed E-state index contributed by atoms with van der Waals surface area (Å²) in [5, 5.41) is 4.99. The van der Waals surface area contributed by atoms with E-state index in [9.17, 15) is 4.79 Å². The van der Waals surface area contributed by atoms with Crippen LogP contribution in [-0.2, 0) is 29.4 Å². The molecule has 0 aromatic carbocycles. The number of aryl methyl sites for hydroxylation is 2. The van der Waals surface area contributed by atoms with Crippen molar-refractivity contribution in [3.63, 3.8) is 0 Å². The maximum atomic E-state index is 12.4. The van der Waals surface area contributed by atoms with Crippen molar-refractivity contribution in [2.24, 2.45) is 13.0 Å². The highest BCUT2D eigenvalue weighted by atomic mass is 35.5. The van der Waals surface area contributed by atoms with Gasteiger partial charge in [0, 0.05) is 19.6 Å². The molecule has 1 aromatic rings. The van der Waals surface area contributed by atoms with Gasteiger partial charge in [-0.25, -0.2) is 0 Å². The molecule has 1 aromatic heterocycles. The number of hydrogen-bond acceptors (Lipinski definition) is 3. The quantitative estimate of drug-likeness (QED) is 0.835. The number of carbonyl (C=O) groups excluding carboxylic acids is 1. The molecule has 0 N–H and O–H groups in total. The maximum Gasteiger partial charge on any atom is 0.144 e. The second-order valence-corrected chi connectivity index (χ2v) is 5.42. The zero-order valence-electron chi connectivity index (χ0n) is 11.8. The molecule has 1 aliphatic rings. The summed E-state index contributed by atoms with van der Waals surface area (Å²) < 4.78 is 7.32. The molecular weight excluding hydrogens is 264 g/mol. The summed E-state index contributed by atoms with van der Waals surface area (Å²) in [6.45, 7) is 4.76. The smallest absolute Gasteiger partial charge is 0.144 e. The van der Waals surface area contributed by atoms with Crippen molar-refractivity contribution in [2.75, 3.05) is 6.61 Å². The van der Waals surface area contributed by atoms with Crippen LogP contribution in [-0.4, -0.2) is 28.3 Å². The van der Waals surface area contributed by atoms with Gasteiger partial charge in [0.1, 0.15) is 5.78 Å². The largest absolute Gasteiger partial charge is 0.377 e. The number of hydrogen-bond donors (Lipinski definition) is 0. The van der Waals surface area contributed by atoms with E-state index in [0.29, 0.717) is 18.1 Å². The average molecular weight is 285 g/mol. The van der Waals surface area contributed by atoms with E-state index in [1.54, 1.807) is 4.68 Å². The fourth-order valence-electron chi connectivity index (χ4n) is 2.73. The lowest BCUT2D eigenvalue weighted by Crippen LogP contribution is -2.25. The fourth-order valence-corrected chi connectivity index (χ4v) is 3.09. The van der Waals surface area contributed by atoms with Crippen LogP contribution >= 0.6 is 11.6 Å². The molecule has 2 rings (SSSR count). The maximum absolute atomic E-state index is 12.4. The predicted octanol–water partition coefficient (Wildman–Crippen LogP) is 2.56. The van der Waals surface area contributed by atoms with Crippen molar-refractivity contribution in [1.29, 1.82) is 0 Å². The van der Waals surface area contributed by atoms with Crippen molar-refractivity contribution in [2.45, 2.75) is 45.6 Å². The van der Waals surface area contributed by atoms with E-state index in [1.807, 2.05) is 14.0 Å². The lowest BCUT2D eigenvalue weighted by Gasteiger charge is -2.15. The topological polar surface area (TPSA) is 44.1 Å². The minimum atomic E-state index is 0.0149. The number of ether oxygens (including phenoxy) is 1. The average Bonchev–Trinajstić information content (AvgIpc) is 2.97. The molecule has 4 nitrogen and oxygen atoms in total. The number of Topliss-reactive ketones (excluding diaryl/α,β-unsaturated/α-hetero) is 1. The fraction of sp³-hybridized carbons (Fsp3) is 0.714. The molecule has 0 bridgehead atoms. The molecule has 19 heavy (non-hydrogen) atoms. The zero-order chi connectivity index (χ0) is 14.0. The molecule has 0 radical (unpaired) electrons. The van der Waals surface area contributed by atoms with Gasteiger partial charge in [-0.1, -0.05) is 25.4 Å². The van der Waals surface area contributed by atoms with Gasteiger partial charge in [0.15, 0.2) is 0 Å². The Kier molecular flexibility index (Phi) is 4.63. The van der Waals surface area contributed by atoms with E-state index in [0.717, 1.165) is 30.7 Å². The lowest BCUT2D eigenvalue weighted by molar-refractivity contribution is -0.124. The van der Waals surface area contributed by atoms with Crippen molar-refractivity contribution in [3.05, 3.63) is 16.4 Å². The zero-order valence-corrected chi connectivity index (χ0v) is 12.5. The van der Waals surface area contributed by atoms with E-state index in [1.165, 1.54) is 0 Å². The van der Waals surface area contributed by atoms with Crippen LogP contribution in [0.5, 0.6) is 0 Å². The first-order chi connectivity index (χ1) is 9.08. The molecule has 1 aliphatic heterocycles. The van der Waals surface area contributed by atoms with E-state index in [-0.39, 0.29) is 17.8 Å². The standard InChI is InChI=1S/C14H21ClN2O2/c1-4-10-14(15)11(17(3)16-10)8-12(18)9-6-7-19-13(9)5-2/h9,13H,4-8H2,1-3H3. The molecule has 106 valence electrons. The van der Waals surface area contributed by atoms with Crippen molar-refractivity contribution < 1.29 is 9.53 Å². The number of ketones is 1. The van der Waals surface area contributed by atoms with Crippen LogP contribution in [0.1, 0.15) is 38.1 Å². The summed E-state index contributed by atoms with van der Waals surface area (Å²) in [7, 11) is 1.84. The van der Waals surface area contributed by atoms with E-state index >= 15 is 0 Å². The Balaban J connectivity index is 2.13. The summed E-state index contributed by atoms with van der Waals surface area (Å²) in [4.78, 5) is 12.4. The Morgan fingerprint density at radius 3 is 2.84 bits per heavy atom. The molecule has 2 unspecified atom stereocenters. The Bertz CT molecular complexity index is 470. The van der Waals surface area contributed by atoms with Gasteiger partial charge in [-0.2, -0.15) is 5.10 Å². The van der Waals surface area contributed by atoms with E-state index < -0.39 is 0 Å². The number of aromatic nitrogens is 2. The first-order valence-corrected chi connectivity index (χ1v) is 7.30. The van der Waals surface area contributed by atoms with Crippen LogP contribution < -0.4 is 0 Å². The van der Waals surface area contributed by atoms with Gasteiger partial charge in [0.2, 0.25) is 0 Å². The van der Waals surface area contributed by atoms with Crippen molar-refractivity contribution >= 4 is 17.4 Å². The third-order valence-corrected chi connectivity index (χ3v) is 4.31. The van der Waals surface area contributed by atoms with Gasteiger partial charge in [0.05, 0.1) is 28.9 Å². The molecule has 2 heterocycles. The Hall–Kier alpha value is -0.870. The highest BCUT2D eigenvalue weighted by Crippen LogP contribution is 2.28. The Morgan fingerprint density at radius 2 is 2.26 bits per heavy atom. The van der Waals surface area contributed by atoms with Crippen LogP contribution in [0.25, 0.3) is 0 Å². The summed E-state index contributed by atoms with van der Waals surface area (Å²) in [5.74, 6) is 0.234. The molecule has 1 saturated heterocycles. The van der Waals surface area contributed by atoms with Gasteiger partial charge in [0.25, 0.3) is 0 Å². The SMILES string of the molecule is CCc1nn(C)c(CC(=O)C2CCOC2CC)c1Cl. The number of nitrogens with zero attached hydrogens (tertiary/aromatic N) is 2. The number of carbonyl (C=O) groups is 1. The Labute approximate surface area is 119 Å². The highest BCUT2D eigenvalue weighted by molar-refractivity contribution is 6.32. The summed E-state index contributed by atoms with van der Waals surface area (Å²) in [6.07, 6.45) is 2.92. The van der Waals surface area contributed by atoms with Crippen molar-refractivity contribution in [3.8, 4) is 0 Å². The van der Waals surface area contributed by atoms with Gasteiger partial charge in [-0.15, -0.1) is 0 Å². The van der Waals surface area contributed by atoms with E-state index in [4.69, 9.17) is 16.3 Å². The minimum Gasteiger partial charge on any atom is -0.377 e. The lowest BCUT2D eigenvalue weighted by atomic mass is 9.92. The first kappa shape index (κ1) is 14.5. The first-order valence-electron chi connectivity index (χ1n) is 6.93. The van der Waals surface area contributed by atoms with Gasteiger partial charge >= 0.3 is 0 Å². The third-order valence-electron chi connectivity index (χ3n) is 3.87. The molecule has 2 atom stereocenters. The van der Waals surface area contributed by atoms with E-state index in [2.05, 4.69) is 12.0 Å². The third kappa shape index (κ3) is 2.84. The van der Waals surface area contributed by atoms with Crippen LogP contribution in [0, 0.1) is 5.92 Å². The molecule has 0 spiro atoms. The van der Waals surface area contributed by atoms with Crippen LogP contribution in [0.3, 0.4) is 0 Å². The molecule has 0 aliphatic carbocycles. The molecule has 5 heteroatoms. The van der Waals surface area contributed by atoms with Gasteiger partial charge in [-0.3, -0.25) is 9.48 Å². The number of rotatable bonds is 5. The highest BCUT2D eigenvalue weighted by Gasteiger charge is 2.33. The monoisotopic (exact) mass is 284 g/mol. The second kappa shape index (κ2) is 6.06. The molecular formula is C14H21ClN2O2. The van der Waals surface area contributed by atoms with Gasteiger partial charge < -0.3 is 4.74 Å². The molecule has 0 amide bonds. The normalized spacial score (nSPS) is 22.9. The summed E-state index contributed by atoms with van der Waals surface area (Å²) in [6, 6.07) is 0. The van der Waals surface area contributed by atoms with Crippen LogP contribution in [0.15, 0.2) is 0 Å². The summed E-state index contributed by atoms with van der Waals surface area (Å²) in [5.41, 5.74) is 1.69. The second-order valence-electron chi connectivity index (χ2n) is 5.04. The molecule has 1 fully saturated rings. The van der Waals surface area contributed by atoms with Crippen LogP contribution in [0.4, 0.5) is 0 Å². The Morgan fingerprint density at radius 1 is 1.53 bits per heavy atom. The van der Waals surface area contributed by atoms with Crippen molar-refractivity contribution in [1.82, 2.24) is 9.78 Å². The van der Waals surface area contributed by atoms with Gasteiger partial charge in [-0.05, 0) is 19.3 Å². The number of halogens is 1. The molecule has 0 saturated carbocycles. The minimum absolute atomic E-state index is 0.0149. The predicted molar refractivity (Wildman–Crippen MR) is 74.4 cm³/mol. The van der Waals surface area contributed by atoms with Crippen LogP contribution in [0.2, 0.25) is 5.02 Å². The summed E-state index contributed by atoms with van der Waals surface area (Å²) >= 11 is 6.28.